The molecule has 2 atom stereocenters. The van der Waals surface area contributed by atoms with Crippen LogP contribution in [0, 0.1) is 0 Å². The van der Waals surface area contributed by atoms with Crippen molar-refractivity contribution in [3.8, 4) is 0 Å². The van der Waals surface area contributed by atoms with E-state index in [0.717, 1.165) is 32.1 Å². The van der Waals surface area contributed by atoms with Crippen molar-refractivity contribution in [3.05, 3.63) is 12.2 Å². The molecule has 6 heteroatoms. The standard InChI is InChI=1S/C12H23N5O/c1-9(2)17-12(14-8-15-17)7-16-4-5-18-11(6-16)10(3)13/h8-11H,4-7,13H2,1-3H3. The summed E-state index contributed by atoms with van der Waals surface area (Å²) >= 11 is 0. The number of nitrogens with two attached hydrogens (primary N) is 1. The number of hydrogen-bond acceptors (Lipinski definition) is 5. The molecule has 2 rings (SSSR count). The second kappa shape index (κ2) is 5.77. The molecule has 0 aliphatic carbocycles. The fourth-order valence-electron chi connectivity index (χ4n) is 2.21. The lowest BCUT2D eigenvalue weighted by Crippen LogP contribution is -2.49. The van der Waals surface area contributed by atoms with Crippen molar-refractivity contribution in [2.24, 2.45) is 5.73 Å². The monoisotopic (exact) mass is 253 g/mol. The van der Waals surface area contributed by atoms with Gasteiger partial charge in [-0.15, -0.1) is 0 Å². The summed E-state index contributed by atoms with van der Waals surface area (Å²) in [6.07, 6.45) is 1.74. The molecule has 0 amide bonds. The molecule has 1 aliphatic heterocycles. The largest absolute Gasteiger partial charge is 0.374 e. The van der Waals surface area contributed by atoms with Crippen LogP contribution in [0.15, 0.2) is 6.33 Å². The molecule has 18 heavy (non-hydrogen) atoms. The molecule has 1 aliphatic rings. The van der Waals surface area contributed by atoms with Crippen molar-refractivity contribution in [1.29, 1.82) is 0 Å². The van der Waals surface area contributed by atoms with Crippen LogP contribution in [0.2, 0.25) is 0 Å². The number of ether oxygens (including phenoxy) is 1. The Morgan fingerprint density at radius 2 is 2.28 bits per heavy atom. The minimum absolute atomic E-state index is 0.0655. The van der Waals surface area contributed by atoms with Gasteiger partial charge >= 0.3 is 0 Å². The van der Waals surface area contributed by atoms with E-state index < -0.39 is 0 Å². The highest BCUT2D eigenvalue weighted by Crippen LogP contribution is 2.12. The SMILES string of the molecule is CC(N)C1CN(Cc2ncnn2C(C)C)CCO1. The molecule has 1 fully saturated rings. The maximum absolute atomic E-state index is 5.90. The highest BCUT2D eigenvalue weighted by Gasteiger charge is 2.24. The minimum atomic E-state index is 0.0655. The summed E-state index contributed by atoms with van der Waals surface area (Å²) in [5.74, 6) is 1.01. The number of nitrogens with zero attached hydrogens (tertiary/aromatic N) is 4. The van der Waals surface area contributed by atoms with Crippen LogP contribution in [-0.4, -0.2) is 51.5 Å². The first-order valence-electron chi connectivity index (χ1n) is 6.56. The summed E-state index contributed by atoms with van der Waals surface area (Å²) < 4.78 is 7.63. The van der Waals surface area contributed by atoms with E-state index >= 15 is 0 Å². The van der Waals surface area contributed by atoms with E-state index in [0.29, 0.717) is 6.04 Å². The Hall–Kier alpha value is -0.980. The van der Waals surface area contributed by atoms with Gasteiger partial charge in [0.25, 0.3) is 0 Å². The second-order valence-corrected chi connectivity index (χ2v) is 5.22. The maximum atomic E-state index is 5.90. The predicted molar refractivity (Wildman–Crippen MR) is 69.1 cm³/mol. The third kappa shape index (κ3) is 3.07. The van der Waals surface area contributed by atoms with Gasteiger partial charge in [-0.3, -0.25) is 4.90 Å². The number of morpholine rings is 1. The van der Waals surface area contributed by atoms with Crippen molar-refractivity contribution in [2.75, 3.05) is 19.7 Å². The van der Waals surface area contributed by atoms with Gasteiger partial charge in [-0.1, -0.05) is 0 Å². The zero-order chi connectivity index (χ0) is 13.1. The highest BCUT2D eigenvalue weighted by molar-refractivity contribution is 4.88. The summed E-state index contributed by atoms with van der Waals surface area (Å²) in [5.41, 5.74) is 5.90. The molecular weight excluding hydrogens is 230 g/mol. The Labute approximate surface area is 108 Å². The van der Waals surface area contributed by atoms with Gasteiger partial charge in [0, 0.05) is 25.2 Å². The molecule has 2 unspecified atom stereocenters. The minimum Gasteiger partial charge on any atom is -0.374 e. The van der Waals surface area contributed by atoms with Gasteiger partial charge in [-0.05, 0) is 20.8 Å². The van der Waals surface area contributed by atoms with Crippen molar-refractivity contribution >= 4 is 0 Å². The Morgan fingerprint density at radius 3 is 2.94 bits per heavy atom. The zero-order valence-corrected chi connectivity index (χ0v) is 11.4. The van der Waals surface area contributed by atoms with Gasteiger partial charge < -0.3 is 10.5 Å². The number of hydrogen-bond donors (Lipinski definition) is 1. The Bertz CT molecular complexity index is 376. The number of rotatable bonds is 4. The van der Waals surface area contributed by atoms with E-state index in [9.17, 15) is 0 Å². The van der Waals surface area contributed by atoms with Gasteiger partial charge in [0.2, 0.25) is 0 Å². The second-order valence-electron chi connectivity index (χ2n) is 5.22. The van der Waals surface area contributed by atoms with E-state index in [1.165, 1.54) is 0 Å². The number of aromatic nitrogens is 3. The van der Waals surface area contributed by atoms with Crippen molar-refractivity contribution < 1.29 is 4.74 Å². The maximum Gasteiger partial charge on any atom is 0.141 e. The first kappa shape index (κ1) is 13.5. The average molecular weight is 253 g/mol. The van der Waals surface area contributed by atoms with Gasteiger partial charge in [-0.2, -0.15) is 5.10 Å². The molecule has 102 valence electrons. The Balaban J connectivity index is 1.98. The van der Waals surface area contributed by atoms with Crippen LogP contribution >= 0.6 is 0 Å². The molecule has 2 N–H and O–H groups in total. The summed E-state index contributed by atoms with van der Waals surface area (Å²) in [6.45, 7) is 9.55. The van der Waals surface area contributed by atoms with Crippen LogP contribution < -0.4 is 5.73 Å². The lowest BCUT2D eigenvalue weighted by Gasteiger charge is -2.34. The van der Waals surface area contributed by atoms with Gasteiger partial charge in [0.1, 0.15) is 12.2 Å². The lowest BCUT2D eigenvalue weighted by molar-refractivity contribution is -0.0414. The predicted octanol–water partition coefficient (Wildman–Crippen LogP) is 0.407. The molecule has 6 nitrogen and oxygen atoms in total. The fraction of sp³-hybridized carbons (Fsp3) is 0.833. The molecule has 2 heterocycles. The fourth-order valence-corrected chi connectivity index (χ4v) is 2.21. The van der Waals surface area contributed by atoms with E-state index in [4.69, 9.17) is 10.5 Å². The molecule has 1 aromatic rings. The Kier molecular flexibility index (Phi) is 4.31. The molecule has 0 bridgehead atoms. The average Bonchev–Trinajstić information content (AvgIpc) is 2.77. The third-order valence-corrected chi connectivity index (χ3v) is 3.27. The first-order chi connectivity index (χ1) is 8.58. The molecule has 0 spiro atoms. The van der Waals surface area contributed by atoms with Crippen LogP contribution in [0.5, 0.6) is 0 Å². The van der Waals surface area contributed by atoms with Crippen LogP contribution in [0.1, 0.15) is 32.6 Å². The van der Waals surface area contributed by atoms with Crippen LogP contribution in [0.3, 0.4) is 0 Å². The molecule has 0 saturated carbocycles. The highest BCUT2D eigenvalue weighted by atomic mass is 16.5. The van der Waals surface area contributed by atoms with Gasteiger partial charge in [-0.25, -0.2) is 9.67 Å². The van der Waals surface area contributed by atoms with Crippen molar-refractivity contribution in [1.82, 2.24) is 19.7 Å². The van der Waals surface area contributed by atoms with E-state index in [1.54, 1.807) is 6.33 Å². The van der Waals surface area contributed by atoms with Crippen LogP contribution in [-0.2, 0) is 11.3 Å². The van der Waals surface area contributed by atoms with Crippen LogP contribution in [0.25, 0.3) is 0 Å². The zero-order valence-electron chi connectivity index (χ0n) is 11.4. The van der Waals surface area contributed by atoms with Crippen molar-refractivity contribution in [2.45, 2.75) is 45.5 Å². The smallest absolute Gasteiger partial charge is 0.141 e. The summed E-state index contributed by atoms with van der Waals surface area (Å²) in [5, 5.41) is 4.26. The Morgan fingerprint density at radius 1 is 1.50 bits per heavy atom. The summed E-state index contributed by atoms with van der Waals surface area (Å²) in [4.78, 5) is 6.67. The van der Waals surface area contributed by atoms with E-state index in [-0.39, 0.29) is 12.1 Å². The van der Waals surface area contributed by atoms with Crippen molar-refractivity contribution in [3.63, 3.8) is 0 Å². The molecule has 0 radical (unpaired) electrons. The summed E-state index contributed by atoms with van der Waals surface area (Å²) in [7, 11) is 0. The summed E-state index contributed by atoms with van der Waals surface area (Å²) in [6, 6.07) is 0.406. The normalized spacial score (nSPS) is 23.5. The molecule has 1 aromatic heterocycles. The van der Waals surface area contributed by atoms with E-state index in [2.05, 4.69) is 28.8 Å². The molecule has 1 saturated heterocycles. The lowest BCUT2D eigenvalue weighted by atomic mass is 10.1. The third-order valence-electron chi connectivity index (χ3n) is 3.27. The van der Waals surface area contributed by atoms with Gasteiger partial charge in [0.05, 0.1) is 19.3 Å². The topological polar surface area (TPSA) is 69.2 Å². The first-order valence-corrected chi connectivity index (χ1v) is 6.56. The van der Waals surface area contributed by atoms with Gasteiger partial charge in [0.15, 0.2) is 0 Å². The van der Waals surface area contributed by atoms with E-state index in [1.807, 2.05) is 11.6 Å². The quantitative estimate of drug-likeness (QED) is 0.841. The van der Waals surface area contributed by atoms with Crippen LogP contribution in [0.4, 0.5) is 0 Å². The molecule has 0 aromatic carbocycles. The molecular formula is C12H23N5O.